The molecule has 1 heteroatoms. The summed E-state index contributed by atoms with van der Waals surface area (Å²) in [5.74, 6) is 0. The van der Waals surface area contributed by atoms with E-state index in [-0.39, 0.29) is 0 Å². The van der Waals surface area contributed by atoms with Gasteiger partial charge in [0.2, 0.25) is 0 Å². The van der Waals surface area contributed by atoms with Crippen LogP contribution in [-0.4, -0.2) is 16.9 Å². The number of hydrogen-bond acceptors (Lipinski definition) is 0. The average molecular weight is 158 g/mol. The Morgan fingerprint density at radius 2 is 2.14 bits per heavy atom. The predicted octanol–water partition coefficient (Wildman–Crippen LogP) is 1.93. The second kappa shape index (κ2) is 6.30. The van der Waals surface area contributed by atoms with Gasteiger partial charge in [0.1, 0.15) is 0 Å². The summed E-state index contributed by atoms with van der Waals surface area (Å²) in [7, 11) is 0. The summed E-state index contributed by atoms with van der Waals surface area (Å²) in [6, 6.07) is 0. The summed E-state index contributed by atoms with van der Waals surface area (Å²) >= 11 is 2.59. The minimum atomic E-state index is 1.18. The molecule has 0 aliphatic rings. The van der Waals surface area contributed by atoms with Gasteiger partial charge < -0.3 is 0 Å². The fourth-order valence-corrected chi connectivity index (χ4v) is 0.870. The zero-order valence-electron chi connectivity index (χ0n) is 4.56. The third-order valence-electron chi connectivity index (χ3n) is 0.816. The Bertz CT molecular complexity index is 41.4. The summed E-state index contributed by atoms with van der Waals surface area (Å²) in [4.78, 5) is 0. The summed E-state index contributed by atoms with van der Waals surface area (Å²) < 4.78 is 0. The van der Waals surface area contributed by atoms with Crippen LogP contribution in [0.5, 0.6) is 0 Å². The second-order valence-electron chi connectivity index (χ2n) is 1.51. The number of unbranched alkanes of at least 4 members (excludes halogenated alkanes) is 2. The van der Waals surface area contributed by atoms with Crippen molar-refractivity contribution in [3.05, 3.63) is 12.7 Å². The normalized spacial score (nSPS) is 8.71. The van der Waals surface area contributed by atoms with E-state index in [0.29, 0.717) is 0 Å². The zero-order chi connectivity index (χ0) is 5.54. The number of hydrogen-bond donors (Lipinski definition) is 0. The molecule has 0 aromatic heterocycles. The van der Waals surface area contributed by atoms with E-state index in [9.17, 15) is 0 Å². The fourth-order valence-electron chi connectivity index (χ4n) is 0.400. The van der Waals surface area contributed by atoms with Crippen molar-refractivity contribution in [2.24, 2.45) is 0 Å². The molecule has 0 aromatic carbocycles. The first kappa shape index (κ1) is 7.30. The van der Waals surface area contributed by atoms with Gasteiger partial charge in [0, 0.05) is 0 Å². The van der Waals surface area contributed by atoms with Crippen LogP contribution in [-0.2, 0) is 0 Å². The van der Waals surface area contributed by atoms with E-state index in [0.717, 1.165) is 0 Å². The summed E-state index contributed by atoms with van der Waals surface area (Å²) in [5, 5.41) is 1.25. The average Bonchev–Trinajstić information content (AvgIpc) is 1.69. The Morgan fingerprint density at radius 3 is 2.57 bits per heavy atom. The standard InChI is InChI=1S/C6H11As/c1-2-3-4-5-6-7/h2H,1,3-6H2. The van der Waals surface area contributed by atoms with E-state index < -0.39 is 0 Å². The molecule has 0 aliphatic heterocycles. The molecule has 0 unspecified atom stereocenters. The molecule has 0 nitrogen and oxygen atoms in total. The third kappa shape index (κ3) is 6.30. The zero-order valence-corrected chi connectivity index (χ0v) is 6.44. The Morgan fingerprint density at radius 1 is 1.43 bits per heavy atom. The van der Waals surface area contributed by atoms with Crippen LogP contribution in [0, 0.1) is 0 Å². The van der Waals surface area contributed by atoms with Gasteiger partial charge in [0.05, 0.1) is 0 Å². The molecule has 2 radical (unpaired) electrons. The molecule has 0 aromatic rings. The molecule has 0 bridgehead atoms. The van der Waals surface area contributed by atoms with Crippen molar-refractivity contribution >= 4 is 16.9 Å². The van der Waals surface area contributed by atoms with Gasteiger partial charge in [0.25, 0.3) is 0 Å². The summed E-state index contributed by atoms with van der Waals surface area (Å²) in [6.45, 7) is 3.63. The Balaban J connectivity index is 2.56. The molecule has 0 N–H and O–H groups in total. The van der Waals surface area contributed by atoms with Crippen LogP contribution in [0.15, 0.2) is 12.7 Å². The van der Waals surface area contributed by atoms with Gasteiger partial charge in [-0.2, -0.15) is 0 Å². The van der Waals surface area contributed by atoms with Gasteiger partial charge in [0.15, 0.2) is 0 Å². The fraction of sp³-hybridized carbons (Fsp3) is 0.667. The van der Waals surface area contributed by atoms with Gasteiger partial charge >= 0.3 is 54.0 Å². The summed E-state index contributed by atoms with van der Waals surface area (Å²) in [6.07, 6.45) is 5.78. The van der Waals surface area contributed by atoms with Crippen molar-refractivity contribution in [1.82, 2.24) is 0 Å². The van der Waals surface area contributed by atoms with Gasteiger partial charge in [-0.25, -0.2) is 0 Å². The van der Waals surface area contributed by atoms with Crippen LogP contribution in [0.3, 0.4) is 0 Å². The molecule has 0 saturated carbocycles. The van der Waals surface area contributed by atoms with Crippen LogP contribution in [0.25, 0.3) is 0 Å². The van der Waals surface area contributed by atoms with Crippen molar-refractivity contribution in [3.8, 4) is 0 Å². The monoisotopic (exact) mass is 158 g/mol. The Kier molecular flexibility index (Phi) is 6.57. The minimum absolute atomic E-state index is 1.18. The van der Waals surface area contributed by atoms with Gasteiger partial charge in [-0.15, -0.1) is 0 Å². The summed E-state index contributed by atoms with van der Waals surface area (Å²) in [5.41, 5.74) is 0. The molecule has 0 spiro atoms. The number of rotatable bonds is 4. The van der Waals surface area contributed by atoms with Crippen molar-refractivity contribution in [2.75, 3.05) is 0 Å². The van der Waals surface area contributed by atoms with E-state index in [1.807, 2.05) is 6.08 Å². The van der Waals surface area contributed by atoms with Gasteiger partial charge in [-0.3, -0.25) is 0 Å². The Labute approximate surface area is 54.5 Å². The first-order valence-corrected chi connectivity index (χ1v) is 3.96. The first-order valence-electron chi connectivity index (χ1n) is 2.63. The molecular weight excluding hydrogens is 147 g/mol. The van der Waals surface area contributed by atoms with Crippen LogP contribution in [0.2, 0.25) is 5.21 Å². The SMILES string of the molecule is C=CCCCC[As]. The molecular formula is C6H11As. The maximum atomic E-state index is 3.63. The van der Waals surface area contributed by atoms with E-state index in [2.05, 4.69) is 23.4 Å². The molecule has 0 amide bonds. The van der Waals surface area contributed by atoms with E-state index in [1.165, 1.54) is 24.5 Å². The van der Waals surface area contributed by atoms with Crippen molar-refractivity contribution in [3.63, 3.8) is 0 Å². The van der Waals surface area contributed by atoms with Gasteiger partial charge in [-0.05, 0) is 0 Å². The van der Waals surface area contributed by atoms with Gasteiger partial charge in [-0.1, -0.05) is 0 Å². The van der Waals surface area contributed by atoms with E-state index >= 15 is 0 Å². The maximum absolute atomic E-state index is 3.63. The predicted molar refractivity (Wildman–Crippen MR) is 34.6 cm³/mol. The molecule has 0 saturated heterocycles. The molecule has 7 heavy (non-hydrogen) atoms. The molecule has 0 aliphatic carbocycles. The van der Waals surface area contributed by atoms with Crippen LogP contribution < -0.4 is 0 Å². The molecule has 0 rings (SSSR count). The van der Waals surface area contributed by atoms with Crippen molar-refractivity contribution in [2.45, 2.75) is 24.5 Å². The van der Waals surface area contributed by atoms with Crippen LogP contribution >= 0.6 is 0 Å². The molecule has 0 atom stereocenters. The van der Waals surface area contributed by atoms with E-state index in [1.54, 1.807) is 0 Å². The second-order valence-corrected chi connectivity index (χ2v) is 2.45. The van der Waals surface area contributed by atoms with Crippen molar-refractivity contribution in [1.29, 1.82) is 0 Å². The Hall–Kier alpha value is 0.298. The first-order chi connectivity index (χ1) is 3.41. The van der Waals surface area contributed by atoms with Crippen LogP contribution in [0.1, 0.15) is 19.3 Å². The topological polar surface area (TPSA) is 0 Å². The molecule has 0 fully saturated rings. The molecule has 0 heterocycles. The van der Waals surface area contributed by atoms with E-state index in [4.69, 9.17) is 0 Å². The third-order valence-corrected chi connectivity index (χ3v) is 1.48. The van der Waals surface area contributed by atoms with Crippen LogP contribution in [0.4, 0.5) is 0 Å². The quantitative estimate of drug-likeness (QED) is 0.333. The van der Waals surface area contributed by atoms with Crippen molar-refractivity contribution < 1.29 is 0 Å². The number of allylic oxidation sites excluding steroid dienone is 1. The molecule has 40 valence electrons.